The van der Waals surface area contributed by atoms with Crippen LogP contribution in [0.5, 0.6) is 0 Å². The normalized spacial score (nSPS) is 15.2. The maximum Gasteiger partial charge on any atom is 0.323 e. The molecular weight excluding hydrogens is 252 g/mol. The Morgan fingerprint density at radius 1 is 1.28 bits per heavy atom. The standard InChI is InChI=1S/C12H16N2O3S/c1-2-9-3-7-11(8-4-9)13-18(16,17)14-12(15)10-5-6-10/h3-4,7-8,10,13H,2,5-6H2,1H3,(H,14,15). The maximum absolute atomic E-state index is 11.7. The zero-order valence-electron chi connectivity index (χ0n) is 10.1. The summed E-state index contributed by atoms with van der Waals surface area (Å²) in [5, 5.41) is 0. The van der Waals surface area contributed by atoms with Crippen LogP contribution in [0.1, 0.15) is 25.3 Å². The lowest BCUT2D eigenvalue weighted by Crippen LogP contribution is -2.36. The molecule has 0 atom stereocenters. The predicted molar refractivity (Wildman–Crippen MR) is 69.2 cm³/mol. The van der Waals surface area contributed by atoms with Gasteiger partial charge in [-0.05, 0) is 37.0 Å². The molecule has 6 heteroatoms. The second kappa shape index (κ2) is 4.97. The van der Waals surface area contributed by atoms with E-state index in [1.807, 2.05) is 23.8 Å². The Kier molecular flexibility index (Phi) is 3.56. The maximum atomic E-state index is 11.7. The van der Waals surface area contributed by atoms with E-state index in [9.17, 15) is 13.2 Å². The number of anilines is 1. The third-order valence-electron chi connectivity index (χ3n) is 2.80. The van der Waals surface area contributed by atoms with E-state index in [1.165, 1.54) is 0 Å². The first-order chi connectivity index (χ1) is 8.50. The highest BCUT2D eigenvalue weighted by Crippen LogP contribution is 2.29. The number of benzene rings is 1. The molecule has 98 valence electrons. The summed E-state index contributed by atoms with van der Waals surface area (Å²) in [6, 6.07) is 7.06. The lowest BCUT2D eigenvalue weighted by Gasteiger charge is -2.09. The fourth-order valence-corrected chi connectivity index (χ4v) is 2.48. The highest BCUT2D eigenvalue weighted by molar-refractivity contribution is 7.91. The summed E-state index contributed by atoms with van der Waals surface area (Å²) < 4.78 is 27.6. The molecule has 0 heterocycles. The van der Waals surface area contributed by atoms with Gasteiger partial charge in [0, 0.05) is 5.92 Å². The van der Waals surface area contributed by atoms with Crippen molar-refractivity contribution in [2.24, 2.45) is 5.92 Å². The smallest absolute Gasteiger partial charge is 0.274 e. The summed E-state index contributed by atoms with van der Waals surface area (Å²) in [6.07, 6.45) is 2.44. The first kappa shape index (κ1) is 12.9. The van der Waals surface area contributed by atoms with E-state index in [0.717, 1.165) is 24.8 Å². The van der Waals surface area contributed by atoms with Gasteiger partial charge in [-0.15, -0.1) is 0 Å². The zero-order chi connectivity index (χ0) is 13.2. The van der Waals surface area contributed by atoms with Crippen LogP contribution in [0, 0.1) is 5.92 Å². The third-order valence-corrected chi connectivity index (χ3v) is 3.77. The second-order valence-corrected chi connectivity index (χ2v) is 5.81. The Labute approximate surface area is 107 Å². The van der Waals surface area contributed by atoms with E-state index >= 15 is 0 Å². The van der Waals surface area contributed by atoms with Gasteiger partial charge < -0.3 is 0 Å². The van der Waals surface area contributed by atoms with Crippen molar-refractivity contribution in [3.8, 4) is 0 Å². The molecule has 0 aromatic heterocycles. The van der Waals surface area contributed by atoms with Gasteiger partial charge in [-0.3, -0.25) is 9.52 Å². The van der Waals surface area contributed by atoms with Gasteiger partial charge in [-0.25, -0.2) is 4.72 Å². The Morgan fingerprint density at radius 3 is 2.39 bits per heavy atom. The van der Waals surface area contributed by atoms with Gasteiger partial charge in [0.2, 0.25) is 5.91 Å². The largest absolute Gasteiger partial charge is 0.323 e. The third kappa shape index (κ3) is 3.46. The topological polar surface area (TPSA) is 75.3 Å². The number of carbonyl (C=O) groups excluding carboxylic acids is 1. The number of hydrogen-bond donors (Lipinski definition) is 2. The van der Waals surface area contributed by atoms with Crippen molar-refractivity contribution in [2.45, 2.75) is 26.2 Å². The molecule has 1 aliphatic carbocycles. The van der Waals surface area contributed by atoms with Crippen molar-refractivity contribution in [2.75, 3.05) is 4.72 Å². The van der Waals surface area contributed by atoms with Gasteiger partial charge in [-0.2, -0.15) is 8.42 Å². The van der Waals surface area contributed by atoms with Crippen molar-refractivity contribution in [1.82, 2.24) is 4.72 Å². The summed E-state index contributed by atoms with van der Waals surface area (Å²) in [6.45, 7) is 2.02. The van der Waals surface area contributed by atoms with Gasteiger partial charge in [-0.1, -0.05) is 19.1 Å². The summed E-state index contributed by atoms with van der Waals surface area (Å²) in [5.41, 5.74) is 1.57. The van der Waals surface area contributed by atoms with Crippen LogP contribution in [0.2, 0.25) is 0 Å². The van der Waals surface area contributed by atoms with Crippen LogP contribution in [-0.4, -0.2) is 14.3 Å². The summed E-state index contributed by atoms with van der Waals surface area (Å²) in [4.78, 5) is 11.4. The Morgan fingerprint density at radius 2 is 1.89 bits per heavy atom. The number of nitrogens with one attached hydrogen (secondary N) is 2. The molecule has 0 spiro atoms. The molecule has 18 heavy (non-hydrogen) atoms. The van der Waals surface area contributed by atoms with Crippen LogP contribution in [0.25, 0.3) is 0 Å². The Hall–Kier alpha value is -1.56. The van der Waals surface area contributed by atoms with Crippen molar-refractivity contribution in [3.05, 3.63) is 29.8 Å². The van der Waals surface area contributed by atoms with Crippen LogP contribution in [0.3, 0.4) is 0 Å². The van der Waals surface area contributed by atoms with Crippen LogP contribution in [-0.2, 0) is 21.4 Å². The number of rotatable bonds is 5. The van der Waals surface area contributed by atoms with E-state index in [1.54, 1.807) is 12.1 Å². The Bertz CT molecular complexity index is 533. The molecule has 0 unspecified atom stereocenters. The molecule has 2 N–H and O–H groups in total. The van der Waals surface area contributed by atoms with Crippen molar-refractivity contribution in [3.63, 3.8) is 0 Å². The van der Waals surface area contributed by atoms with E-state index in [0.29, 0.717) is 5.69 Å². The molecule has 1 aromatic rings. The molecule has 1 aromatic carbocycles. The fourth-order valence-electron chi connectivity index (χ4n) is 1.55. The van der Waals surface area contributed by atoms with Crippen molar-refractivity contribution in [1.29, 1.82) is 0 Å². The van der Waals surface area contributed by atoms with E-state index in [-0.39, 0.29) is 5.92 Å². The lowest BCUT2D eigenvalue weighted by molar-refractivity contribution is -0.120. The van der Waals surface area contributed by atoms with Crippen LogP contribution in [0.4, 0.5) is 5.69 Å². The molecule has 1 saturated carbocycles. The van der Waals surface area contributed by atoms with Crippen molar-refractivity contribution < 1.29 is 13.2 Å². The van der Waals surface area contributed by atoms with Crippen molar-refractivity contribution >= 4 is 21.8 Å². The fraction of sp³-hybridized carbons (Fsp3) is 0.417. The quantitative estimate of drug-likeness (QED) is 0.848. The minimum atomic E-state index is -3.81. The first-order valence-corrected chi connectivity index (χ1v) is 7.42. The molecule has 1 amide bonds. The lowest BCUT2D eigenvalue weighted by atomic mass is 10.2. The van der Waals surface area contributed by atoms with Crippen LogP contribution >= 0.6 is 0 Å². The molecule has 0 aliphatic heterocycles. The highest BCUT2D eigenvalue weighted by Gasteiger charge is 2.32. The summed E-state index contributed by atoms with van der Waals surface area (Å²) >= 11 is 0. The van der Waals surface area contributed by atoms with Crippen LogP contribution < -0.4 is 9.44 Å². The second-order valence-electron chi connectivity index (χ2n) is 4.40. The van der Waals surface area contributed by atoms with E-state index in [2.05, 4.69) is 4.72 Å². The summed E-state index contributed by atoms with van der Waals surface area (Å²) in [7, 11) is -3.81. The molecule has 2 rings (SSSR count). The number of hydrogen-bond acceptors (Lipinski definition) is 3. The van der Waals surface area contributed by atoms with Gasteiger partial charge in [0.1, 0.15) is 0 Å². The minimum Gasteiger partial charge on any atom is -0.274 e. The summed E-state index contributed by atoms with van der Waals surface area (Å²) in [5.74, 6) is -0.559. The predicted octanol–water partition coefficient (Wildman–Crippen LogP) is 1.43. The number of carbonyl (C=O) groups is 1. The molecule has 0 bridgehead atoms. The molecule has 0 saturated heterocycles. The van der Waals surface area contributed by atoms with E-state index in [4.69, 9.17) is 0 Å². The van der Waals surface area contributed by atoms with E-state index < -0.39 is 16.1 Å². The minimum absolute atomic E-state index is 0.135. The molecule has 5 nitrogen and oxygen atoms in total. The van der Waals surface area contributed by atoms with Gasteiger partial charge >= 0.3 is 10.2 Å². The average Bonchev–Trinajstić information content (AvgIpc) is 3.12. The molecular formula is C12H16N2O3S. The average molecular weight is 268 g/mol. The molecule has 1 aliphatic rings. The molecule has 0 radical (unpaired) electrons. The SMILES string of the molecule is CCc1ccc(NS(=O)(=O)NC(=O)C2CC2)cc1. The van der Waals surface area contributed by atoms with Crippen LogP contribution in [0.15, 0.2) is 24.3 Å². The Balaban J connectivity index is 1.99. The van der Waals surface area contributed by atoms with Gasteiger partial charge in [0.25, 0.3) is 0 Å². The molecule has 1 fully saturated rings. The monoisotopic (exact) mass is 268 g/mol. The van der Waals surface area contributed by atoms with Gasteiger partial charge in [0.05, 0.1) is 5.69 Å². The highest BCUT2D eigenvalue weighted by atomic mass is 32.2. The first-order valence-electron chi connectivity index (χ1n) is 5.93. The number of aryl methyl sites for hydroxylation is 1. The number of amides is 1. The zero-order valence-corrected chi connectivity index (χ0v) is 11.0. The van der Waals surface area contributed by atoms with Gasteiger partial charge in [0.15, 0.2) is 0 Å².